The van der Waals surface area contributed by atoms with Crippen molar-refractivity contribution in [3.63, 3.8) is 0 Å². The number of carbonyl (C=O) groups excluding carboxylic acids is 1. The molecule has 0 aliphatic carbocycles. The van der Waals surface area contributed by atoms with Gasteiger partial charge in [-0.15, -0.1) is 16.6 Å². The number of halogens is 1. The second kappa shape index (κ2) is 8.56. The summed E-state index contributed by atoms with van der Waals surface area (Å²) < 4.78 is 1.91. The van der Waals surface area contributed by atoms with Crippen molar-refractivity contribution in [2.45, 2.75) is 5.16 Å². The fourth-order valence-electron chi connectivity index (χ4n) is 2.29. The van der Waals surface area contributed by atoms with Gasteiger partial charge in [-0.05, 0) is 24.3 Å². The van der Waals surface area contributed by atoms with Gasteiger partial charge in [-0.3, -0.25) is 9.36 Å². The summed E-state index contributed by atoms with van der Waals surface area (Å²) in [5.74, 6) is 3.12. The number of nitrogens with one attached hydrogen (secondary N) is 1. The van der Waals surface area contributed by atoms with Gasteiger partial charge in [-0.2, -0.15) is 0 Å². The van der Waals surface area contributed by atoms with E-state index in [1.807, 2.05) is 47.0 Å². The highest BCUT2D eigenvalue weighted by Gasteiger charge is 2.17. The van der Waals surface area contributed by atoms with E-state index in [1.54, 1.807) is 12.1 Å². The number of hydrogen-bond acceptors (Lipinski definition) is 4. The SMILES string of the molecule is C#CCNC(=O)CSc1nnc(-c2ccccc2)n1-c1ccc(Cl)cc1. The van der Waals surface area contributed by atoms with Crippen molar-refractivity contribution in [2.24, 2.45) is 0 Å². The van der Waals surface area contributed by atoms with Gasteiger partial charge >= 0.3 is 0 Å². The first-order valence-corrected chi connectivity index (χ1v) is 9.15. The minimum atomic E-state index is -0.153. The molecule has 0 atom stereocenters. The van der Waals surface area contributed by atoms with Crippen LogP contribution in [0.2, 0.25) is 5.02 Å². The average molecular weight is 383 g/mol. The van der Waals surface area contributed by atoms with Crippen molar-refractivity contribution in [3.05, 3.63) is 59.6 Å². The van der Waals surface area contributed by atoms with Gasteiger partial charge in [-0.1, -0.05) is 59.6 Å². The molecule has 1 N–H and O–H groups in total. The van der Waals surface area contributed by atoms with Crippen LogP contribution in [0.1, 0.15) is 0 Å². The molecule has 0 saturated heterocycles. The minimum Gasteiger partial charge on any atom is -0.344 e. The second-order valence-corrected chi connectivity index (χ2v) is 6.63. The Balaban J connectivity index is 1.94. The van der Waals surface area contributed by atoms with E-state index in [9.17, 15) is 4.79 Å². The van der Waals surface area contributed by atoms with E-state index in [0.29, 0.717) is 16.0 Å². The Morgan fingerprint density at radius 3 is 2.58 bits per heavy atom. The van der Waals surface area contributed by atoms with Crippen molar-refractivity contribution in [2.75, 3.05) is 12.3 Å². The topological polar surface area (TPSA) is 59.8 Å². The molecule has 0 unspecified atom stereocenters. The number of nitrogens with zero attached hydrogens (tertiary/aromatic N) is 3. The fourth-order valence-corrected chi connectivity index (χ4v) is 3.20. The Kier molecular flexibility index (Phi) is 5.95. The molecule has 0 fully saturated rings. The lowest BCUT2D eigenvalue weighted by atomic mass is 10.2. The van der Waals surface area contributed by atoms with E-state index in [4.69, 9.17) is 18.0 Å². The van der Waals surface area contributed by atoms with Crippen molar-refractivity contribution in [1.82, 2.24) is 20.1 Å². The predicted octanol–water partition coefficient (Wildman–Crippen LogP) is 3.43. The van der Waals surface area contributed by atoms with Gasteiger partial charge in [0.15, 0.2) is 11.0 Å². The molecule has 26 heavy (non-hydrogen) atoms. The lowest BCUT2D eigenvalue weighted by Crippen LogP contribution is -2.25. The highest BCUT2D eigenvalue weighted by Crippen LogP contribution is 2.28. The molecule has 3 aromatic rings. The van der Waals surface area contributed by atoms with Crippen LogP contribution in [-0.4, -0.2) is 33.0 Å². The monoisotopic (exact) mass is 382 g/mol. The maximum Gasteiger partial charge on any atom is 0.231 e. The zero-order valence-electron chi connectivity index (χ0n) is 13.7. The number of terminal acetylenes is 1. The summed E-state index contributed by atoms with van der Waals surface area (Å²) in [4.78, 5) is 11.8. The molecule has 0 radical (unpaired) electrons. The Labute approximate surface area is 160 Å². The van der Waals surface area contributed by atoms with Crippen molar-refractivity contribution < 1.29 is 4.79 Å². The number of benzene rings is 2. The number of carbonyl (C=O) groups is 1. The van der Waals surface area contributed by atoms with Gasteiger partial charge in [0.25, 0.3) is 0 Å². The third kappa shape index (κ3) is 4.26. The van der Waals surface area contributed by atoms with Crippen LogP contribution in [-0.2, 0) is 4.79 Å². The molecule has 0 aliphatic rings. The molecule has 5 nitrogen and oxygen atoms in total. The van der Waals surface area contributed by atoms with Crippen LogP contribution in [0, 0.1) is 12.3 Å². The van der Waals surface area contributed by atoms with Gasteiger partial charge < -0.3 is 5.32 Å². The lowest BCUT2D eigenvalue weighted by molar-refractivity contribution is -0.118. The van der Waals surface area contributed by atoms with Crippen LogP contribution in [0.15, 0.2) is 59.8 Å². The van der Waals surface area contributed by atoms with Crippen LogP contribution in [0.25, 0.3) is 17.1 Å². The number of amides is 1. The van der Waals surface area contributed by atoms with Crippen molar-refractivity contribution >= 4 is 29.3 Å². The first-order chi connectivity index (χ1) is 12.7. The molecule has 0 saturated carbocycles. The van der Waals surface area contributed by atoms with Crippen molar-refractivity contribution in [3.8, 4) is 29.4 Å². The zero-order valence-corrected chi connectivity index (χ0v) is 15.3. The van der Waals surface area contributed by atoms with E-state index < -0.39 is 0 Å². The summed E-state index contributed by atoms with van der Waals surface area (Å²) in [5.41, 5.74) is 1.79. The molecule has 1 amide bonds. The predicted molar refractivity (Wildman–Crippen MR) is 104 cm³/mol. The standard InChI is InChI=1S/C19H15ClN4OS/c1-2-12-21-17(25)13-26-19-23-22-18(14-6-4-3-5-7-14)24(19)16-10-8-15(20)9-11-16/h1,3-11H,12-13H2,(H,21,25). The molecule has 0 bridgehead atoms. The molecule has 7 heteroatoms. The van der Waals surface area contributed by atoms with Crippen LogP contribution in [0.3, 0.4) is 0 Å². The number of thioether (sulfide) groups is 1. The Morgan fingerprint density at radius 1 is 1.15 bits per heavy atom. The first kappa shape index (κ1) is 18.1. The van der Waals surface area contributed by atoms with Crippen LogP contribution in [0.4, 0.5) is 0 Å². The van der Waals surface area contributed by atoms with Gasteiger partial charge in [0.1, 0.15) is 0 Å². The molecular formula is C19H15ClN4OS. The van der Waals surface area contributed by atoms with Gasteiger partial charge in [-0.25, -0.2) is 0 Å². The number of hydrogen-bond donors (Lipinski definition) is 1. The fraction of sp³-hybridized carbons (Fsp3) is 0.105. The lowest BCUT2D eigenvalue weighted by Gasteiger charge is -2.10. The van der Waals surface area contributed by atoms with Gasteiger partial charge in [0, 0.05) is 16.3 Å². The Morgan fingerprint density at radius 2 is 1.88 bits per heavy atom. The second-order valence-electron chi connectivity index (χ2n) is 5.25. The third-order valence-corrected chi connectivity index (χ3v) is 4.65. The summed E-state index contributed by atoms with van der Waals surface area (Å²) in [5, 5.41) is 12.5. The molecule has 0 spiro atoms. The van der Waals surface area contributed by atoms with E-state index in [1.165, 1.54) is 11.8 Å². The molecule has 2 aromatic carbocycles. The molecule has 1 aromatic heterocycles. The highest BCUT2D eigenvalue weighted by atomic mass is 35.5. The average Bonchev–Trinajstić information content (AvgIpc) is 3.10. The van der Waals surface area contributed by atoms with Crippen LogP contribution >= 0.6 is 23.4 Å². The maximum absolute atomic E-state index is 11.8. The normalized spacial score (nSPS) is 10.3. The summed E-state index contributed by atoms with van der Waals surface area (Å²) in [6.07, 6.45) is 5.16. The van der Waals surface area contributed by atoms with Crippen LogP contribution < -0.4 is 5.32 Å². The van der Waals surface area contributed by atoms with Crippen LogP contribution in [0.5, 0.6) is 0 Å². The Bertz CT molecular complexity index is 932. The summed E-state index contributed by atoms with van der Waals surface area (Å²) in [6.45, 7) is 0.207. The van der Waals surface area contributed by atoms with E-state index in [-0.39, 0.29) is 18.2 Å². The maximum atomic E-state index is 11.8. The van der Waals surface area contributed by atoms with Gasteiger partial charge in [0.2, 0.25) is 5.91 Å². The Hall–Kier alpha value is -2.75. The van der Waals surface area contributed by atoms with Gasteiger partial charge in [0.05, 0.1) is 12.3 Å². The number of rotatable bonds is 6. The molecule has 0 aliphatic heterocycles. The highest BCUT2D eigenvalue weighted by molar-refractivity contribution is 7.99. The quantitative estimate of drug-likeness (QED) is 0.524. The zero-order chi connectivity index (χ0) is 18.4. The smallest absolute Gasteiger partial charge is 0.231 e. The number of aromatic nitrogens is 3. The molecule has 3 rings (SSSR count). The summed E-state index contributed by atoms with van der Waals surface area (Å²) in [6, 6.07) is 17.1. The van der Waals surface area contributed by atoms with Crippen molar-refractivity contribution in [1.29, 1.82) is 0 Å². The summed E-state index contributed by atoms with van der Waals surface area (Å²) >= 11 is 7.30. The molecule has 130 valence electrons. The molecule has 1 heterocycles. The largest absolute Gasteiger partial charge is 0.344 e. The first-order valence-electron chi connectivity index (χ1n) is 7.79. The minimum absolute atomic E-state index is 0.153. The third-order valence-electron chi connectivity index (χ3n) is 3.47. The van der Waals surface area contributed by atoms with E-state index in [0.717, 1.165) is 11.3 Å². The summed E-state index contributed by atoms with van der Waals surface area (Å²) in [7, 11) is 0. The van der Waals surface area contributed by atoms with E-state index >= 15 is 0 Å². The molecular weight excluding hydrogens is 368 g/mol. The van der Waals surface area contributed by atoms with E-state index in [2.05, 4.69) is 21.4 Å².